The number of nitrogens with two attached hydrogens (primary N) is 1. The molecule has 1 amide bonds. The topological polar surface area (TPSA) is 46.3 Å². The minimum Gasteiger partial charge on any atom is -0.398 e. The molecule has 2 atom stereocenters. The van der Waals surface area contributed by atoms with Gasteiger partial charge in [-0.1, -0.05) is 13.0 Å². The van der Waals surface area contributed by atoms with Crippen LogP contribution in [-0.2, 0) is 0 Å². The number of rotatable bonds is 1. The van der Waals surface area contributed by atoms with Gasteiger partial charge in [-0.3, -0.25) is 4.79 Å². The van der Waals surface area contributed by atoms with Crippen LogP contribution in [0.4, 0.5) is 5.69 Å². The van der Waals surface area contributed by atoms with Gasteiger partial charge in [0.05, 0.1) is 0 Å². The highest BCUT2D eigenvalue weighted by Gasteiger charge is 2.30. The zero-order valence-corrected chi connectivity index (χ0v) is 12.0. The summed E-state index contributed by atoms with van der Waals surface area (Å²) in [5, 5.41) is 0.490. The van der Waals surface area contributed by atoms with Gasteiger partial charge in [-0.25, -0.2) is 0 Å². The van der Waals surface area contributed by atoms with Crippen LogP contribution in [0.15, 0.2) is 18.2 Å². The van der Waals surface area contributed by atoms with Crippen LogP contribution in [0.3, 0.4) is 0 Å². The predicted molar refractivity (Wildman–Crippen MR) is 78.0 cm³/mol. The van der Waals surface area contributed by atoms with Crippen molar-refractivity contribution in [1.29, 1.82) is 0 Å². The van der Waals surface area contributed by atoms with Crippen LogP contribution in [0.1, 0.15) is 29.8 Å². The number of nitrogen functional groups attached to an aromatic ring is 1. The Bertz CT molecular complexity index is 461. The Kier molecular flexibility index (Phi) is 3.85. The van der Waals surface area contributed by atoms with Gasteiger partial charge in [0, 0.05) is 34.8 Å². The number of anilines is 1. The highest BCUT2D eigenvalue weighted by atomic mass is 32.2. The molecule has 4 heteroatoms. The van der Waals surface area contributed by atoms with E-state index in [9.17, 15) is 4.79 Å². The molecule has 98 valence electrons. The summed E-state index contributed by atoms with van der Waals surface area (Å²) in [6.07, 6.45) is 0. The van der Waals surface area contributed by atoms with Crippen molar-refractivity contribution >= 4 is 23.4 Å². The molecule has 1 fully saturated rings. The average Bonchev–Trinajstić information content (AvgIpc) is 2.35. The summed E-state index contributed by atoms with van der Waals surface area (Å²) in [4.78, 5) is 14.6. The van der Waals surface area contributed by atoms with Crippen molar-refractivity contribution in [3.05, 3.63) is 29.3 Å². The smallest absolute Gasteiger partial charge is 0.254 e. The first-order valence-corrected chi connectivity index (χ1v) is 7.35. The molecular weight excluding hydrogens is 244 g/mol. The molecule has 2 unspecified atom stereocenters. The van der Waals surface area contributed by atoms with Gasteiger partial charge in [-0.15, -0.1) is 0 Å². The van der Waals surface area contributed by atoms with Gasteiger partial charge >= 0.3 is 0 Å². The molecule has 1 aromatic carbocycles. The van der Waals surface area contributed by atoms with E-state index in [1.165, 1.54) is 0 Å². The Labute approximate surface area is 113 Å². The second-order valence-electron chi connectivity index (χ2n) is 4.83. The highest BCUT2D eigenvalue weighted by molar-refractivity contribution is 8.00. The van der Waals surface area contributed by atoms with E-state index in [1.807, 2.05) is 41.8 Å². The van der Waals surface area contributed by atoms with Crippen LogP contribution in [0.25, 0.3) is 0 Å². The first-order valence-electron chi connectivity index (χ1n) is 6.30. The molecule has 0 aromatic heterocycles. The van der Waals surface area contributed by atoms with Crippen molar-refractivity contribution in [1.82, 2.24) is 4.90 Å². The summed E-state index contributed by atoms with van der Waals surface area (Å²) in [5.74, 6) is 1.12. The SMILES string of the molecule is Cc1c(N)cccc1C(=O)N1CCSC(C)C1C. The lowest BCUT2D eigenvalue weighted by Crippen LogP contribution is -2.48. The molecular formula is C14H20N2OS. The number of carbonyl (C=O) groups is 1. The third kappa shape index (κ3) is 2.34. The number of hydrogen-bond acceptors (Lipinski definition) is 3. The Morgan fingerprint density at radius 2 is 2.17 bits per heavy atom. The third-order valence-corrected chi connectivity index (χ3v) is 5.09. The lowest BCUT2D eigenvalue weighted by Gasteiger charge is -2.37. The first kappa shape index (κ1) is 13.3. The summed E-state index contributed by atoms with van der Waals surface area (Å²) >= 11 is 1.93. The minimum absolute atomic E-state index is 0.111. The summed E-state index contributed by atoms with van der Waals surface area (Å²) in [7, 11) is 0. The van der Waals surface area contributed by atoms with Crippen LogP contribution in [0.2, 0.25) is 0 Å². The minimum atomic E-state index is 0.111. The number of benzene rings is 1. The Morgan fingerprint density at radius 1 is 1.44 bits per heavy atom. The van der Waals surface area contributed by atoms with E-state index >= 15 is 0 Å². The molecule has 0 spiro atoms. The molecule has 18 heavy (non-hydrogen) atoms. The first-order chi connectivity index (χ1) is 8.52. The number of hydrogen-bond donors (Lipinski definition) is 1. The number of nitrogens with zero attached hydrogens (tertiary/aromatic N) is 1. The van der Waals surface area contributed by atoms with Gasteiger partial charge in [-0.05, 0) is 31.5 Å². The summed E-state index contributed by atoms with van der Waals surface area (Å²) in [5.41, 5.74) is 8.19. The number of amides is 1. The fourth-order valence-electron chi connectivity index (χ4n) is 2.26. The van der Waals surface area contributed by atoms with Crippen molar-refractivity contribution in [3.63, 3.8) is 0 Å². The van der Waals surface area contributed by atoms with Gasteiger partial charge in [0.1, 0.15) is 0 Å². The van der Waals surface area contributed by atoms with Crippen LogP contribution < -0.4 is 5.73 Å². The molecule has 1 aliphatic heterocycles. The highest BCUT2D eigenvalue weighted by Crippen LogP contribution is 2.27. The van der Waals surface area contributed by atoms with E-state index in [4.69, 9.17) is 5.73 Å². The number of thioether (sulfide) groups is 1. The van der Waals surface area contributed by atoms with Gasteiger partial charge in [0.2, 0.25) is 0 Å². The molecule has 1 aliphatic rings. The maximum absolute atomic E-state index is 12.6. The fraction of sp³-hybridized carbons (Fsp3) is 0.500. The molecule has 0 bridgehead atoms. The molecule has 2 rings (SSSR count). The van der Waals surface area contributed by atoms with E-state index in [2.05, 4.69) is 13.8 Å². The Morgan fingerprint density at radius 3 is 2.89 bits per heavy atom. The van der Waals surface area contributed by atoms with E-state index in [0.717, 1.165) is 23.4 Å². The Hall–Kier alpha value is -1.16. The zero-order chi connectivity index (χ0) is 13.3. The molecule has 0 radical (unpaired) electrons. The second kappa shape index (κ2) is 5.22. The normalized spacial score (nSPS) is 24.1. The van der Waals surface area contributed by atoms with Crippen LogP contribution in [0.5, 0.6) is 0 Å². The molecule has 0 saturated carbocycles. The maximum atomic E-state index is 12.6. The third-order valence-electron chi connectivity index (χ3n) is 3.75. The molecule has 1 heterocycles. The molecule has 1 aromatic rings. The van der Waals surface area contributed by atoms with Gasteiger partial charge in [-0.2, -0.15) is 11.8 Å². The van der Waals surface area contributed by atoms with E-state index < -0.39 is 0 Å². The van der Waals surface area contributed by atoms with E-state index in [0.29, 0.717) is 10.9 Å². The quantitative estimate of drug-likeness (QED) is 0.793. The molecule has 3 nitrogen and oxygen atoms in total. The van der Waals surface area contributed by atoms with Gasteiger partial charge < -0.3 is 10.6 Å². The Balaban J connectivity index is 2.28. The van der Waals surface area contributed by atoms with E-state index in [-0.39, 0.29) is 11.9 Å². The lowest BCUT2D eigenvalue weighted by atomic mass is 10.0. The summed E-state index contributed by atoms with van der Waals surface area (Å²) < 4.78 is 0. The molecule has 0 aliphatic carbocycles. The van der Waals surface area contributed by atoms with Crippen molar-refractivity contribution in [3.8, 4) is 0 Å². The van der Waals surface area contributed by atoms with Gasteiger partial charge in [0.15, 0.2) is 0 Å². The largest absolute Gasteiger partial charge is 0.398 e. The van der Waals surface area contributed by atoms with Crippen molar-refractivity contribution < 1.29 is 4.79 Å². The summed E-state index contributed by atoms with van der Waals surface area (Å²) in [6.45, 7) is 7.04. The van der Waals surface area contributed by atoms with E-state index in [1.54, 1.807) is 0 Å². The van der Waals surface area contributed by atoms with Crippen LogP contribution >= 0.6 is 11.8 Å². The van der Waals surface area contributed by atoms with Crippen molar-refractivity contribution in [2.45, 2.75) is 32.1 Å². The number of carbonyl (C=O) groups excluding carboxylic acids is 1. The summed E-state index contributed by atoms with van der Waals surface area (Å²) in [6, 6.07) is 5.83. The van der Waals surface area contributed by atoms with Crippen LogP contribution in [-0.4, -0.2) is 34.4 Å². The standard InChI is InChI=1S/C14H20N2OS/c1-9-12(5-4-6-13(9)15)14(17)16-7-8-18-11(3)10(16)2/h4-6,10-11H,7-8,15H2,1-3H3. The van der Waals surface area contributed by atoms with Crippen molar-refractivity contribution in [2.24, 2.45) is 0 Å². The predicted octanol–water partition coefficient (Wildman–Crippen LogP) is 2.54. The average molecular weight is 264 g/mol. The van der Waals surface area contributed by atoms with Crippen LogP contribution in [0, 0.1) is 6.92 Å². The monoisotopic (exact) mass is 264 g/mol. The second-order valence-corrected chi connectivity index (χ2v) is 6.32. The zero-order valence-electron chi connectivity index (χ0n) is 11.1. The lowest BCUT2D eigenvalue weighted by molar-refractivity contribution is 0.0697. The van der Waals surface area contributed by atoms with Gasteiger partial charge in [0.25, 0.3) is 5.91 Å². The molecule has 2 N–H and O–H groups in total. The maximum Gasteiger partial charge on any atom is 0.254 e. The molecule has 1 saturated heterocycles. The fourth-order valence-corrected chi connectivity index (χ4v) is 3.36. The van der Waals surface area contributed by atoms with Crippen molar-refractivity contribution in [2.75, 3.05) is 18.0 Å².